The van der Waals surface area contributed by atoms with Gasteiger partial charge in [-0.1, -0.05) is 6.92 Å². The molecule has 0 aromatic heterocycles. The highest BCUT2D eigenvalue weighted by molar-refractivity contribution is 5.67. The number of hydrogen-bond acceptors (Lipinski definition) is 6. The molecule has 7 heteroatoms. The van der Waals surface area contributed by atoms with Crippen LogP contribution in [0.25, 0.3) is 0 Å². The summed E-state index contributed by atoms with van der Waals surface area (Å²) in [4.78, 5) is 13.6. The molecule has 0 bridgehead atoms. The summed E-state index contributed by atoms with van der Waals surface area (Å²) in [6.45, 7) is 5.58. The van der Waals surface area contributed by atoms with Crippen molar-refractivity contribution in [2.45, 2.75) is 70.1 Å². The lowest BCUT2D eigenvalue weighted by molar-refractivity contribution is -0.218. The quantitative estimate of drug-likeness (QED) is 0.649. The number of amides is 1. The van der Waals surface area contributed by atoms with Crippen molar-refractivity contribution in [1.29, 1.82) is 0 Å². The van der Waals surface area contributed by atoms with E-state index in [-0.39, 0.29) is 12.7 Å². The molecule has 134 valence electrons. The normalized spacial score (nSPS) is 36.0. The Labute approximate surface area is 137 Å². The maximum Gasteiger partial charge on any atom is 0.409 e. The van der Waals surface area contributed by atoms with E-state index in [1.165, 1.54) is 0 Å². The number of carbonyl (C=O) groups excluding carboxylic acids is 1. The van der Waals surface area contributed by atoms with E-state index in [0.717, 1.165) is 25.9 Å². The molecule has 0 aromatic rings. The molecule has 2 aliphatic heterocycles. The standard InChI is InChI=1S/C16H29NO6/c1-10-5-7-17(8-6-10)16(21)22-9-3-4-12-14(19)15(20)13(18)11(2)23-12/h10-15,18-20H,3-9H2,1-2H3/t11-,12-,13+,14+,15+/m0/s1. The van der Waals surface area contributed by atoms with Gasteiger partial charge in [-0.3, -0.25) is 0 Å². The fourth-order valence-electron chi connectivity index (χ4n) is 3.10. The maximum atomic E-state index is 11.9. The topological polar surface area (TPSA) is 99.5 Å². The Morgan fingerprint density at radius 1 is 1.13 bits per heavy atom. The number of hydrogen-bond donors (Lipinski definition) is 3. The number of aliphatic hydroxyl groups excluding tert-OH is 3. The second-order valence-corrected chi connectivity index (χ2v) is 6.78. The molecule has 2 heterocycles. The van der Waals surface area contributed by atoms with Crippen LogP contribution in [0, 0.1) is 5.92 Å². The van der Waals surface area contributed by atoms with E-state index in [1.54, 1.807) is 11.8 Å². The van der Waals surface area contributed by atoms with Crippen molar-refractivity contribution in [3.63, 3.8) is 0 Å². The van der Waals surface area contributed by atoms with E-state index in [9.17, 15) is 20.1 Å². The molecule has 0 unspecified atom stereocenters. The summed E-state index contributed by atoms with van der Waals surface area (Å²) in [5.74, 6) is 0.660. The minimum absolute atomic E-state index is 0.254. The van der Waals surface area contributed by atoms with Crippen molar-refractivity contribution < 1.29 is 29.6 Å². The van der Waals surface area contributed by atoms with Crippen molar-refractivity contribution in [3.8, 4) is 0 Å². The van der Waals surface area contributed by atoms with Gasteiger partial charge in [-0.25, -0.2) is 4.79 Å². The second-order valence-electron chi connectivity index (χ2n) is 6.78. The van der Waals surface area contributed by atoms with Crippen LogP contribution in [0.1, 0.15) is 39.5 Å². The van der Waals surface area contributed by atoms with Crippen LogP contribution in [0.3, 0.4) is 0 Å². The Balaban J connectivity index is 1.66. The number of piperidine rings is 1. The lowest BCUT2D eigenvalue weighted by Crippen LogP contribution is -2.56. The first-order valence-corrected chi connectivity index (χ1v) is 8.51. The summed E-state index contributed by atoms with van der Waals surface area (Å²) >= 11 is 0. The van der Waals surface area contributed by atoms with Gasteiger partial charge >= 0.3 is 6.09 Å². The molecule has 5 atom stereocenters. The van der Waals surface area contributed by atoms with Gasteiger partial charge in [0, 0.05) is 13.1 Å². The van der Waals surface area contributed by atoms with Crippen molar-refractivity contribution >= 4 is 6.09 Å². The first kappa shape index (κ1) is 18.4. The summed E-state index contributed by atoms with van der Waals surface area (Å²) in [5, 5.41) is 29.3. The van der Waals surface area contributed by atoms with Crippen LogP contribution in [-0.4, -0.2) is 76.5 Å². The van der Waals surface area contributed by atoms with Crippen LogP contribution in [0.2, 0.25) is 0 Å². The molecule has 2 saturated heterocycles. The van der Waals surface area contributed by atoms with Gasteiger partial charge in [0.05, 0.1) is 18.8 Å². The van der Waals surface area contributed by atoms with E-state index in [2.05, 4.69) is 6.92 Å². The lowest BCUT2D eigenvalue weighted by atomic mass is 9.93. The molecular weight excluding hydrogens is 302 g/mol. The van der Waals surface area contributed by atoms with Crippen molar-refractivity contribution in [2.24, 2.45) is 5.92 Å². The number of carbonyl (C=O) groups is 1. The number of rotatable bonds is 4. The highest BCUT2D eigenvalue weighted by atomic mass is 16.6. The fraction of sp³-hybridized carbons (Fsp3) is 0.938. The van der Waals surface area contributed by atoms with Crippen LogP contribution in [0.4, 0.5) is 4.79 Å². The smallest absolute Gasteiger partial charge is 0.409 e. The fourth-order valence-corrected chi connectivity index (χ4v) is 3.10. The van der Waals surface area contributed by atoms with Gasteiger partial charge in [0.1, 0.15) is 18.3 Å². The zero-order valence-corrected chi connectivity index (χ0v) is 13.9. The third kappa shape index (κ3) is 4.79. The van der Waals surface area contributed by atoms with Gasteiger partial charge in [-0.15, -0.1) is 0 Å². The number of likely N-dealkylation sites (tertiary alicyclic amines) is 1. The van der Waals surface area contributed by atoms with Crippen molar-refractivity contribution in [3.05, 3.63) is 0 Å². The zero-order valence-electron chi connectivity index (χ0n) is 13.9. The van der Waals surface area contributed by atoms with E-state index in [1.807, 2.05) is 0 Å². The predicted molar refractivity (Wildman–Crippen MR) is 82.9 cm³/mol. The summed E-state index contributed by atoms with van der Waals surface area (Å²) in [5.41, 5.74) is 0. The highest BCUT2D eigenvalue weighted by Gasteiger charge is 2.41. The Morgan fingerprint density at radius 2 is 1.78 bits per heavy atom. The molecule has 3 N–H and O–H groups in total. The van der Waals surface area contributed by atoms with E-state index < -0.39 is 30.5 Å². The van der Waals surface area contributed by atoms with E-state index in [0.29, 0.717) is 18.8 Å². The summed E-state index contributed by atoms with van der Waals surface area (Å²) < 4.78 is 10.8. The minimum atomic E-state index is -1.21. The van der Waals surface area contributed by atoms with E-state index >= 15 is 0 Å². The van der Waals surface area contributed by atoms with Gasteiger partial charge in [-0.2, -0.15) is 0 Å². The first-order valence-electron chi connectivity index (χ1n) is 8.51. The number of nitrogens with zero attached hydrogens (tertiary/aromatic N) is 1. The van der Waals surface area contributed by atoms with Gasteiger partial charge < -0.3 is 29.7 Å². The molecule has 23 heavy (non-hydrogen) atoms. The summed E-state index contributed by atoms with van der Waals surface area (Å²) in [7, 11) is 0. The molecule has 0 spiro atoms. The Morgan fingerprint density at radius 3 is 2.43 bits per heavy atom. The summed E-state index contributed by atoms with van der Waals surface area (Å²) in [6.07, 6.45) is -1.78. The molecular formula is C16H29NO6. The third-order valence-electron chi connectivity index (χ3n) is 4.85. The van der Waals surface area contributed by atoms with Crippen LogP contribution < -0.4 is 0 Å². The summed E-state index contributed by atoms with van der Waals surface area (Å²) in [6, 6.07) is 0. The molecule has 0 aromatic carbocycles. The Bertz CT molecular complexity index is 385. The minimum Gasteiger partial charge on any atom is -0.449 e. The molecule has 1 amide bonds. The second kappa shape index (κ2) is 8.28. The molecule has 0 saturated carbocycles. The molecule has 0 radical (unpaired) electrons. The SMILES string of the molecule is CC1CCN(C(=O)OCCC[C@@H]2O[C@@H](C)[C@@H](O)[C@@H](O)[C@@H]2O)CC1. The van der Waals surface area contributed by atoms with Gasteiger partial charge in [0.25, 0.3) is 0 Å². The third-order valence-corrected chi connectivity index (χ3v) is 4.85. The van der Waals surface area contributed by atoms with Crippen LogP contribution in [-0.2, 0) is 9.47 Å². The number of ether oxygens (including phenoxy) is 2. The average Bonchev–Trinajstić information content (AvgIpc) is 2.54. The molecule has 7 nitrogen and oxygen atoms in total. The lowest BCUT2D eigenvalue weighted by Gasteiger charge is -2.39. The van der Waals surface area contributed by atoms with Crippen molar-refractivity contribution in [2.75, 3.05) is 19.7 Å². The Hall–Kier alpha value is -0.890. The molecule has 2 aliphatic rings. The zero-order chi connectivity index (χ0) is 17.0. The van der Waals surface area contributed by atoms with Crippen LogP contribution >= 0.6 is 0 Å². The van der Waals surface area contributed by atoms with Crippen molar-refractivity contribution in [1.82, 2.24) is 4.90 Å². The first-order chi connectivity index (χ1) is 10.9. The molecule has 0 aliphatic carbocycles. The largest absolute Gasteiger partial charge is 0.449 e. The van der Waals surface area contributed by atoms with Gasteiger partial charge in [0.15, 0.2) is 0 Å². The highest BCUT2D eigenvalue weighted by Crippen LogP contribution is 2.24. The Kier molecular flexibility index (Phi) is 6.64. The maximum absolute atomic E-state index is 11.9. The molecule has 2 rings (SSSR count). The van der Waals surface area contributed by atoms with Gasteiger partial charge in [0.2, 0.25) is 0 Å². The van der Waals surface area contributed by atoms with E-state index in [4.69, 9.17) is 9.47 Å². The van der Waals surface area contributed by atoms with Gasteiger partial charge in [-0.05, 0) is 38.5 Å². The molecule has 2 fully saturated rings. The van der Waals surface area contributed by atoms with Crippen LogP contribution in [0.15, 0.2) is 0 Å². The number of aliphatic hydroxyl groups is 3. The predicted octanol–water partition coefficient (Wildman–Crippen LogP) is 0.505. The average molecular weight is 331 g/mol. The monoisotopic (exact) mass is 331 g/mol. The van der Waals surface area contributed by atoms with Crippen LogP contribution in [0.5, 0.6) is 0 Å².